The van der Waals surface area contributed by atoms with Gasteiger partial charge in [-0.3, -0.25) is 0 Å². The van der Waals surface area contributed by atoms with E-state index in [0.717, 1.165) is 25.8 Å². The minimum absolute atomic E-state index is 0.0815. The van der Waals surface area contributed by atoms with E-state index in [0.29, 0.717) is 25.6 Å². The second kappa shape index (κ2) is 6.42. The number of piperazine rings is 1. The molecule has 2 bridgehead atoms. The Morgan fingerprint density at radius 3 is 2.82 bits per heavy atom. The molecular weight excluding hydrogens is 360 g/mol. The van der Waals surface area contributed by atoms with Gasteiger partial charge in [-0.15, -0.1) is 0 Å². The van der Waals surface area contributed by atoms with E-state index in [-0.39, 0.29) is 29.8 Å². The fraction of sp³-hybridized carbons (Fsp3) is 0.857. The summed E-state index contributed by atoms with van der Waals surface area (Å²) in [6.07, 6.45) is 3.99. The van der Waals surface area contributed by atoms with E-state index in [1.165, 1.54) is 5.57 Å². The van der Waals surface area contributed by atoms with E-state index in [2.05, 4.69) is 32.2 Å². The van der Waals surface area contributed by atoms with E-state index in [1.807, 2.05) is 4.90 Å². The fourth-order valence-electron chi connectivity index (χ4n) is 5.80. The van der Waals surface area contributed by atoms with Crippen LogP contribution in [-0.4, -0.2) is 77.4 Å². The number of epoxide rings is 2. The number of hydrogen-bond donors (Lipinski definition) is 2. The number of aliphatic hydroxyl groups excluding tert-OH is 1. The Hall–Kier alpha value is -1.15. The Bertz CT molecular complexity index is 688. The minimum atomic E-state index is -0.764. The maximum absolute atomic E-state index is 12.7. The van der Waals surface area contributed by atoms with Crippen molar-refractivity contribution in [2.75, 3.05) is 19.7 Å². The van der Waals surface area contributed by atoms with Crippen molar-refractivity contribution in [3.63, 3.8) is 0 Å². The molecule has 0 radical (unpaired) electrons. The lowest BCUT2D eigenvalue weighted by Crippen LogP contribution is -2.56. The number of ether oxygens (including phenoxy) is 3. The van der Waals surface area contributed by atoms with Gasteiger partial charge in [0.25, 0.3) is 0 Å². The molecule has 2 N–H and O–H groups in total. The van der Waals surface area contributed by atoms with Crippen molar-refractivity contribution >= 4 is 6.09 Å². The van der Waals surface area contributed by atoms with Crippen LogP contribution in [0, 0.1) is 5.92 Å². The number of likely N-dealkylation sites (tertiary alicyclic amines) is 1. The second-order valence-corrected chi connectivity index (χ2v) is 9.74. The van der Waals surface area contributed by atoms with Gasteiger partial charge < -0.3 is 29.5 Å². The molecule has 1 spiro atoms. The number of nitrogens with one attached hydrogen (secondary N) is 1. The van der Waals surface area contributed by atoms with E-state index < -0.39 is 17.8 Å². The van der Waals surface area contributed by atoms with Gasteiger partial charge in [0.2, 0.25) is 0 Å². The summed E-state index contributed by atoms with van der Waals surface area (Å²) < 4.78 is 17.8. The molecule has 8 atom stereocenters. The summed E-state index contributed by atoms with van der Waals surface area (Å²) in [4.78, 5) is 14.6. The first-order valence-electron chi connectivity index (χ1n) is 10.7. The quantitative estimate of drug-likeness (QED) is 0.558. The van der Waals surface area contributed by atoms with Crippen molar-refractivity contribution in [3.05, 3.63) is 11.6 Å². The van der Waals surface area contributed by atoms with Gasteiger partial charge in [0.15, 0.2) is 0 Å². The van der Waals surface area contributed by atoms with Gasteiger partial charge in [0.1, 0.15) is 17.3 Å². The number of hydrogen-bond acceptors (Lipinski definition) is 6. The molecule has 0 aromatic rings. The zero-order valence-electron chi connectivity index (χ0n) is 17.0. The summed E-state index contributed by atoms with van der Waals surface area (Å²) in [6.45, 7) is 8.43. The topological polar surface area (TPSA) is 86.9 Å². The Balaban J connectivity index is 1.27. The first kappa shape index (κ1) is 18.9. The largest absolute Gasteiger partial charge is 0.443 e. The van der Waals surface area contributed by atoms with Gasteiger partial charge in [-0.25, -0.2) is 4.79 Å². The zero-order chi connectivity index (χ0) is 19.7. The highest BCUT2D eigenvalue weighted by atomic mass is 16.6. The smallest absolute Gasteiger partial charge is 0.410 e. The number of carbonyl (C=O) groups is 1. The van der Waals surface area contributed by atoms with Crippen molar-refractivity contribution in [3.8, 4) is 0 Å². The molecule has 2 unspecified atom stereocenters. The van der Waals surface area contributed by atoms with E-state index in [9.17, 15) is 9.90 Å². The zero-order valence-corrected chi connectivity index (χ0v) is 17.0. The van der Waals surface area contributed by atoms with Crippen LogP contribution >= 0.6 is 0 Å². The van der Waals surface area contributed by atoms with Crippen LogP contribution in [0.25, 0.3) is 0 Å². The number of nitrogens with zero attached hydrogens (tertiary/aromatic N) is 1. The fourth-order valence-corrected chi connectivity index (χ4v) is 5.80. The number of rotatable bonds is 4. The Morgan fingerprint density at radius 2 is 2.21 bits per heavy atom. The molecule has 4 heterocycles. The van der Waals surface area contributed by atoms with Crippen LogP contribution in [-0.2, 0) is 14.2 Å². The maximum Gasteiger partial charge on any atom is 0.410 e. The van der Waals surface area contributed by atoms with Gasteiger partial charge in [0, 0.05) is 25.2 Å². The van der Waals surface area contributed by atoms with E-state index in [1.54, 1.807) is 0 Å². The van der Waals surface area contributed by atoms with Crippen molar-refractivity contribution < 1.29 is 24.1 Å². The Labute approximate surface area is 166 Å². The van der Waals surface area contributed by atoms with Crippen molar-refractivity contribution in [2.24, 2.45) is 5.92 Å². The molecule has 28 heavy (non-hydrogen) atoms. The third-order valence-electron chi connectivity index (χ3n) is 7.54. The van der Waals surface area contributed by atoms with Crippen molar-refractivity contribution in [1.29, 1.82) is 0 Å². The number of allylic oxidation sites excluding steroid dienone is 1. The molecule has 7 heteroatoms. The average Bonchev–Trinajstić information content (AvgIpc) is 3.43. The highest BCUT2D eigenvalue weighted by molar-refractivity contribution is 5.69. The maximum atomic E-state index is 12.7. The summed E-state index contributed by atoms with van der Waals surface area (Å²) in [7, 11) is 0. The molecule has 5 rings (SSSR count). The molecule has 156 valence electrons. The van der Waals surface area contributed by atoms with Crippen LogP contribution < -0.4 is 5.32 Å². The highest BCUT2D eigenvalue weighted by Crippen LogP contribution is 2.59. The summed E-state index contributed by atoms with van der Waals surface area (Å²) in [5, 5.41) is 14.6. The average molecular weight is 392 g/mol. The van der Waals surface area contributed by atoms with Crippen LogP contribution in [0.3, 0.4) is 0 Å². The van der Waals surface area contributed by atoms with Crippen LogP contribution in [0.2, 0.25) is 0 Å². The summed E-state index contributed by atoms with van der Waals surface area (Å²) >= 11 is 0. The lowest BCUT2D eigenvalue weighted by atomic mass is 9.68. The SMILES string of the molecule is CC(C)=CC[C@H]1O[C@]1(C)[C@H]1[C@H](O)[C@H](OC(=O)N2CC3CC2CN3)CC[C@]12CO2. The molecule has 1 amide bonds. The van der Waals surface area contributed by atoms with Crippen LogP contribution in [0.1, 0.15) is 46.5 Å². The number of fused-ring (bicyclic) bond motifs is 2. The Morgan fingerprint density at radius 1 is 1.43 bits per heavy atom. The molecule has 0 aromatic heterocycles. The number of carbonyl (C=O) groups excluding carboxylic acids is 1. The lowest BCUT2D eigenvalue weighted by molar-refractivity contribution is -0.106. The molecular formula is C21H32N2O5. The normalized spacial score (nSPS) is 48.6. The summed E-state index contributed by atoms with van der Waals surface area (Å²) in [5.41, 5.74) is 0.525. The molecule has 5 aliphatic rings. The molecule has 4 saturated heterocycles. The van der Waals surface area contributed by atoms with Gasteiger partial charge in [0.05, 0.1) is 24.7 Å². The van der Waals surface area contributed by atoms with Crippen molar-refractivity contribution in [2.45, 2.75) is 88.1 Å². The third-order valence-corrected chi connectivity index (χ3v) is 7.54. The predicted octanol–water partition coefficient (Wildman–Crippen LogP) is 1.59. The lowest BCUT2D eigenvalue weighted by Gasteiger charge is -2.41. The van der Waals surface area contributed by atoms with Gasteiger partial charge in [-0.05, 0) is 46.5 Å². The standard InChI is InChI=1S/C21H32N2O5/c1-12(2)4-5-16-20(3,28-16)18-17(24)15(6-7-21(18)11-26-21)27-19(25)23-10-13-8-14(23)9-22-13/h4,13-18,22,24H,5-11H2,1-3H3/t13?,14?,15-,16-,17-,18-,20+,21+/m1/s1. The van der Waals surface area contributed by atoms with Gasteiger partial charge in [-0.1, -0.05) is 11.6 Å². The predicted molar refractivity (Wildman–Crippen MR) is 102 cm³/mol. The monoisotopic (exact) mass is 392 g/mol. The summed E-state index contributed by atoms with van der Waals surface area (Å²) in [5.74, 6) is -0.168. The van der Waals surface area contributed by atoms with Gasteiger partial charge >= 0.3 is 6.09 Å². The number of aliphatic hydroxyl groups is 1. The van der Waals surface area contributed by atoms with Crippen LogP contribution in [0.15, 0.2) is 11.6 Å². The van der Waals surface area contributed by atoms with Crippen LogP contribution in [0.5, 0.6) is 0 Å². The third kappa shape index (κ3) is 2.98. The minimum Gasteiger partial charge on any atom is -0.443 e. The molecule has 0 aromatic carbocycles. The molecule has 1 aliphatic carbocycles. The summed E-state index contributed by atoms with van der Waals surface area (Å²) in [6, 6.07) is 0.615. The first-order chi connectivity index (χ1) is 13.3. The molecule has 1 saturated carbocycles. The van der Waals surface area contributed by atoms with E-state index >= 15 is 0 Å². The second-order valence-electron chi connectivity index (χ2n) is 9.74. The Kier molecular flexibility index (Phi) is 4.32. The molecule has 4 aliphatic heterocycles. The first-order valence-corrected chi connectivity index (χ1v) is 10.7. The number of amides is 1. The highest BCUT2D eigenvalue weighted by Gasteiger charge is 2.71. The van der Waals surface area contributed by atoms with Gasteiger partial charge in [-0.2, -0.15) is 0 Å². The van der Waals surface area contributed by atoms with Crippen molar-refractivity contribution in [1.82, 2.24) is 10.2 Å². The van der Waals surface area contributed by atoms with E-state index in [4.69, 9.17) is 14.2 Å². The van der Waals surface area contributed by atoms with Crippen LogP contribution in [0.4, 0.5) is 4.79 Å². The molecule has 5 fully saturated rings. The molecule has 7 nitrogen and oxygen atoms in total.